The van der Waals surface area contributed by atoms with Crippen molar-refractivity contribution in [1.29, 1.82) is 0 Å². The van der Waals surface area contributed by atoms with Crippen molar-refractivity contribution in [2.45, 2.75) is 18.8 Å². The summed E-state index contributed by atoms with van der Waals surface area (Å²) in [6.07, 6.45) is 1.11. The van der Waals surface area contributed by atoms with E-state index >= 15 is 0 Å². The number of carbonyl (C=O) groups excluding carboxylic acids is 1. The molecule has 0 saturated carbocycles. The number of hydrogen-bond acceptors (Lipinski definition) is 2. The van der Waals surface area contributed by atoms with Crippen molar-refractivity contribution in [2.24, 2.45) is 5.73 Å². The third kappa shape index (κ3) is 4.95. The summed E-state index contributed by atoms with van der Waals surface area (Å²) in [5.74, 6) is 1.34. The van der Waals surface area contributed by atoms with Crippen molar-refractivity contribution in [3.63, 3.8) is 0 Å². The van der Waals surface area contributed by atoms with Crippen molar-refractivity contribution in [1.82, 2.24) is 0 Å². The van der Waals surface area contributed by atoms with Crippen molar-refractivity contribution >= 4 is 5.91 Å². The van der Waals surface area contributed by atoms with Crippen LogP contribution < -0.4 is 10.5 Å². The summed E-state index contributed by atoms with van der Waals surface area (Å²) in [6, 6.07) is 27.7. The Morgan fingerprint density at radius 3 is 1.96 bits per heavy atom. The minimum absolute atomic E-state index is 0.0608. The minimum atomic E-state index is -0.287. The number of carbonyl (C=O) groups is 1. The lowest BCUT2D eigenvalue weighted by Gasteiger charge is -2.16. The van der Waals surface area contributed by atoms with Gasteiger partial charge in [0.05, 0.1) is 0 Å². The van der Waals surface area contributed by atoms with E-state index in [0.29, 0.717) is 6.42 Å². The number of benzene rings is 3. The average molecular weight is 331 g/mol. The van der Waals surface area contributed by atoms with Crippen molar-refractivity contribution in [3.8, 4) is 11.5 Å². The number of hydrogen-bond donors (Lipinski definition) is 1. The van der Waals surface area contributed by atoms with Crippen LogP contribution in [0.2, 0.25) is 0 Å². The average Bonchev–Trinajstić information content (AvgIpc) is 2.63. The van der Waals surface area contributed by atoms with E-state index in [1.165, 1.54) is 5.56 Å². The Hall–Kier alpha value is -3.07. The van der Waals surface area contributed by atoms with Gasteiger partial charge in [-0.2, -0.15) is 0 Å². The van der Waals surface area contributed by atoms with Crippen LogP contribution in [0.5, 0.6) is 11.5 Å². The van der Waals surface area contributed by atoms with Crippen LogP contribution in [0.1, 0.15) is 23.5 Å². The van der Waals surface area contributed by atoms with E-state index in [9.17, 15) is 4.79 Å². The first-order valence-corrected chi connectivity index (χ1v) is 8.36. The summed E-state index contributed by atoms with van der Waals surface area (Å²) < 4.78 is 5.82. The van der Waals surface area contributed by atoms with Gasteiger partial charge in [-0.25, -0.2) is 0 Å². The number of nitrogens with two attached hydrogens (primary N) is 1. The fourth-order valence-electron chi connectivity index (χ4n) is 2.88. The van der Waals surface area contributed by atoms with Crippen LogP contribution >= 0.6 is 0 Å². The summed E-state index contributed by atoms with van der Waals surface area (Å²) in [5.41, 5.74) is 7.73. The fraction of sp³-hybridized carbons (Fsp3) is 0.136. The molecule has 3 rings (SSSR count). The smallest absolute Gasteiger partial charge is 0.218 e. The number of rotatable bonds is 7. The highest BCUT2D eigenvalue weighted by Gasteiger charge is 2.15. The number of para-hydroxylation sites is 1. The summed E-state index contributed by atoms with van der Waals surface area (Å²) in [6.45, 7) is 0. The van der Waals surface area contributed by atoms with Gasteiger partial charge in [0, 0.05) is 6.42 Å². The second-order valence-electron chi connectivity index (χ2n) is 6.04. The van der Waals surface area contributed by atoms with Crippen LogP contribution in [0, 0.1) is 0 Å². The largest absolute Gasteiger partial charge is 0.457 e. The molecule has 3 heteroatoms. The Balaban J connectivity index is 1.75. The zero-order chi connectivity index (χ0) is 17.5. The molecule has 0 spiro atoms. The Morgan fingerprint density at radius 2 is 1.36 bits per heavy atom. The first-order valence-electron chi connectivity index (χ1n) is 8.36. The molecule has 25 heavy (non-hydrogen) atoms. The number of ether oxygens (including phenoxy) is 1. The molecule has 3 aromatic rings. The molecule has 0 aromatic heterocycles. The van der Waals surface area contributed by atoms with Gasteiger partial charge in [0.1, 0.15) is 11.5 Å². The van der Waals surface area contributed by atoms with E-state index in [0.717, 1.165) is 23.5 Å². The summed E-state index contributed by atoms with van der Waals surface area (Å²) in [4.78, 5) is 11.5. The molecule has 0 radical (unpaired) electrons. The van der Waals surface area contributed by atoms with E-state index in [1.807, 2.05) is 72.8 Å². The third-order valence-corrected chi connectivity index (χ3v) is 4.10. The van der Waals surface area contributed by atoms with Crippen molar-refractivity contribution in [2.75, 3.05) is 0 Å². The van der Waals surface area contributed by atoms with Crippen LogP contribution in [0.4, 0.5) is 0 Å². The summed E-state index contributed by atoms with van der Waals surface area (Å²) in [7, 11) is 0. The molecule has 126 valence electrons. The van der Waals surface area contributed by atoms with Crippen LogP contribution in [0.25, 0.3) is 0 Å². The molecule has 0 bridgehead atoms. The maximum Gasteiger partial charge on any atom is 0.218 e. The highest BCUT2D eigenvalue weighted by atomic mass is 16.5. The molecule has 3 aromatic carbocycles. The first-order chi connectivity index (χ1) is 12.2. The molecule has 0 aliphatic carbocycles. The minimum Gasteiger partial charge on any atom is -0.457 e. The standard InChI is InChI=1S/C22H21NO2/c23-22(24)16-19(15-17-7-3-1-4-8-17)18-11-13-21(14-12-18)25-20-9-5-2-6-10-20/h1-14,19H,15-16H2,(H2,23,24)/t19-/m1/s1. The van der Waals surface area contributed by atoms with Gasteiger partial charge in [0.25, 0.3) is 0 Å². The third-order valence-electron chi connectivity index (χ3n) is 4.10. The highest BCUT2D eigenvalue weighted by molar-refractivity contribution is 5.74. The van der Waals surface area contributed by atoms with Crippen LogP contribution in [0.3, 0.4) is 0 Å². The van der Waals surface area contributed by atoms with Crippen molar-refractivity contribution in [3.05, 3.63) is 96.1 Å². The molecular formula is C22H21NO2. The molecule has 0 saturated heterocycles. The van der Waals surface area contributed by atoms with Gasteiger partial charge in [-0.1, -0.05) is 60.7 Å². The second-order valence-corrected chi connectivity index (χ2v) is 6.04. The van der Waals surface area contributed by atoms with E-state index < -0.39 is 0 Å². The lowest BCUT2D eigenvalue weighted by molar-refractivity contribution is -0.118. The molecule has 0 aliphatic rings. The van der Waals surface area contributed by atoms with Gasteiger partial charge < -0.3 is 10.5 Å². The zero-order valence-corrected chi connectivity index (χ0v) is 14.0. The maximum atomic E-state index is 11.5. The normalized spacial score (nSPS) is 11.7. The number of primary amides is 1. The Morgan fingerprint density at radius 1 is 0.800 bits per heavy atom. The Bertz CT molecular complexity index is 798. The quantitative estimate of drug-likeness (QED) is 0.683. The van der Waals surface area contributed by atoms with Crippen molar-refractivity contribution < 1.29 is 9.53 Å². The predicted molar refractivity (Wildman–Crippen MR) is 99.7 cm³/mol. The van der Waals surface area contributed by atoms with E-state index in [1.54, 1.807) is 0 Å². The van der Waals surface area contributed by atoms with Gasteiger partial charge in [0.2, 0.25) is 5.91 Å². The topological polar surface area (TPSA) is 52.3 Å². The molecule has 0 aliphatic heterocycles. The van der Waals surface area contributed by atoms with Crippen LogP contribution in [0.15, 0.2) is 84.9 Å². The summed E-state index contributed by atoms with van der Waals surface area (Å²) in [5, 5.41) is 0. The molecule has 3 nitrogen and oxygen atoms in total. The maximum absolute atomic E-state index is 11.5. The molecule has 1 atom stereocenters. The van der Waals surface area contributed by atoms with Gasteiger partial charge in [-0.3, -0.25) is 4.79 Å². The van der Waals surface area contributed by atoms with Gasteiger partial charge in [-0.15, -0.1) is 0 Å². The lowest BCUT2D eigenvalue weighted by atomic mass is 9.89. The van der Waals surface area contributed by atoms with E-state index in [-0.39, 0.29) is 11.8 Å². The zero-order valence-electron chi connectivity index (χ0n) is 14.0. The fourth-order valence-corrected chi connectivity index (χ4v) is 2.88. The van der Waals surface area contributed by atoms with Gasteiger partial charge in [-0.05, 0) is 47.7 Å². The molecule has 0 fully saturated rings. The van der Waals surface area contributed by atoms with E-state index in [2.05, 4.69) is 12.1 Å². The molecule has 0 unspecified atom stereocenters. The number of amides is 1. The highest BCUT2D eigenvalue weighted by Crippen LogP contribution is 2.28. The first kappa shape index (κ1) is 16.8. The van der Waals surface area contributed by atoms with Gasteiger partial charge >= 0.3 is 0 Å². The van der Waals surface area contributed by atoms with Crippen LogP contribution in [-0.2, 0) is 11.2 Å². The Kier molecular flexibility index (Phi) is 5.47. The SMILES string of the molecule is NC(=O)C[C@@H](Cc1ccccc1)c1ccc(Oc2ccccc2)cc1. The summed E-state index contributed by atoms with van der Waals surface area (Å²) >= 11 is 0. The molecular weight excluding hydrogens is 310 g/mol. The predicted octanol–water partition coefficient (Wildman–Crippen LogP) is 4.68. The monoisotopic (exact) mass is 331 g/mol. The van der Waals surface area contributed by atoms with E-state index in [4.69, 9.17) is 10.5 Å². The Labute approximate surface area is 148 Å². The molecule has 1 amide bonds. The molecule has 0 heterocycles. The van der Waals surface area contributed by atoms with Crippen LogP contribution in [-0.4, -0.2) is 5.91 Å². The lowest BCUT2D eigenvalue weighted by Crippen LogP contribution is -2.16. The molecule has 2 N–H and O–H groups in total. The second kappa shape index (κ2) is 8.15. The van der Waals surface area contributed by atoms with Gasteiger partial charge in [0.15, 0.2) is 0 Å².